The Bertz CT molecular complexity index is 747. The Hall–Kier alpha value is -2.68. The predicted molar refractivity (Wildman–Crippen MR) is 105 cm³/mol. The zero-order valence-electron chi connectivity index (χ0n) is 17.8. The smallest absolute Gasteiger partial charge is 0.309 e. The summed E-state index contributed by atoms with van der Waals surface area (Å²) in [5, 5.41) is 0. The molecule has 1 fully saturated rings. The fraction of sp³-hybridized carbons (Fsp3) is 0.619. The number of Topliss-reactive ketones (excluding diaryl/α,β-unsaturated/α-hetero) is 1. The molecule has 1 aromatic heterocycles. The summed E-state index contributed by atoms with van der Waals surface area (Å²) in [7, 11) is 1.41. The highest BCUT2D eigenvalue weighted by Crippen LogP contribution is 2.31. The largest absolute Gasteiger partial charge is 0.493 e. The summed E-state index contributed by atoms with van der Waals surface area (Å²) in [6.45, 7) is 5.22. The molecule has 0 spiro atoms. The van der Waals surface area contributed by atoms with Crippen LogP contribution in [0.1, 0.15) is 50.5 Å². The molecule has 0 radical (unpaired) electrons. The van der Waals surface area contributed by atoms with Crippen molar-refractivity contribution in [1.29, 1.82) is 0 Å². The van der Waals surface area contributed by atoms with Crippen molar-refractivity contribution in [3.63, 3.8) is 0 Å². The standard InChI is InChI=1S/C21H29NO8/c1-13(21(25)30-14(2)10-27-11-16-5-6-16)9-17(24)19-20(29-12-28-15(3)23)18(26-4)7-8-22-19/h7-8,13-14,16H,5-6,9-12H2,1-4H3/t13-,14+/m1/s1. The molecule has 1 aromatic rings. The van der Waals surface area contributed by atoms with Crippen molar-refractivity contribution >= 4 is 17.7 Å². The first-order valence-corrected chi connectivity index (χ1v) is 9.92. The average Bonchev–Trinajstić information content (AvgIpc) is 3.51. The molecule has 0 saturated heterocycles. The molecule has 0 aliphatic heterocycles. The van der Waals surface area contributed by atoms with Crippen LogP contribution in [0.3, 0.4) is 0 Å². The van der Waals surface area contributed by atoms with Gasteiger partial charge in [-0.3, -0.25) is 14.4 Å². The van der Waals surface area contributed by atoms with Gasteiger partial charge in [-0.2, -0.15) is 0 Å². The number of hydrogen-bond acceptors (Lipinski definition) is 9. The van der Waals surface area contributed by atoms with Crippen LogP contribution in [-0.2, 0) is 23.8 Å². The molecule has 1 aliphatic carbocycles. The van der Waals surface area contributed by atoms with Crippen LogP contribution >= 0.6 is 0 Å². The van der Waals surface area contributed by atoms with Gasteiger partial charge in [-0.05, 0) is 25.7 Å². The maximum absolute atomic E-state index is 12.7. The molecule has 9 heteroatoms. The van der Waals surface area contributed by atoms with Crippen molar-refractivity contribution < 1.29 is 38.1 Å². The summed E-state index contributed by atoms with van der Waals surface area (Å²) in [4.78, 5) is 40.1. The second kappa shape index (κ2) is 11.5. The van der Waals surface area contributed by atoms with Gasteiger partial charge < -0.3 is 23.7 Å². The van der Waals surface area contributed by atoms with E-state index in [2.05, 4.69) is 4.98 Å². The third-order valence-corrected chi connectivity index (χ3v) is 4.43. The highest BCUT2D eigenvalue weighted by atomic mass is 16.7. The first-order chi connectivity index (χ1) is 14.3. The van der Waals surface area contributed by atoms with Gasteiger partial charge in [0.05, 0.1) is 19.6 Å². The summed E-state index contributed by atoms with van der Waals surface area (Å²) in [6, 6.07) is 1.51. The van der Waals surface area contributed by atoms with E-state index in [-0.39, 0.29) is 23.6 Å². The molecule has 0 bridgehead atoms. The lowest BCUT2D eigenvalue weighted by atomic mass is 10.0. The maximum atomic E-state index is 12.7. The van der Waals surface area contributed by atoms with E-state index in [1.807, 2.05) is 0 Å². The fourth-order valence-corrected chi connectivity index (χ4v) is 2.59. The highest BCUT2D eigenvalue weighted by molar-refractivity contribution is 5.99. The molecule has 166 valence electrons. The van der Waals surface area contributed by atoms with Crippen LogP contribution in [0.25, 0.3) is 0 Å². The van der Waals surface area contributed by atoms with Gasteiger partial charge in [0.15, 0.2) is 23.0 Å². The van der Waals surface area contributed by atoms with Gasteiger partial charge in [-0.1, -0.05) is 6.92 Å². The summed E-state index contributed by atoms with van der Waals surface area (Å²) < 4.78 is 26.2. The molecule has 1 heterocycles. The zero-order chi connectivity index (χ0) is 22.1. The van der Waals surface area contributed by atoms with Gasteiger partial charge >= 0.3 is 11.9 Å². The molecule has 30 heavy (non-hydrogen) atoms. The Morgan fingerprint density at radius 2 is 1.97 bits per heavy atom. The van der Waals surface area contributed by atoms with Crippen molar-refractivity contribution in [2.24, 2.45) is 11.8 Å². The molecular formula is C21H29NO8. The average molecular weight is 423 g/mol. The number of methoxy groups -OCH3 is 1. The van der Waals surface area contributed by atoms with Crippen molar-refractivity contribution in [1.82, 2.24) is 4.98 Å². The van der Waals surface area contributed by atoms with Crippen LogP contribution in [0.5, 0.6) is 11.5 Å². The van der Waals surface area contributed by atoms with Gasteiger partial charge in [0.25, 0.3) is 0 Å². The monoisotopic (exact) mass is 423 g/mol. The Morgan fingerprint density at radius 1 is 1.23 bits per heavy atom. The highest BCUT2D eigenvalue weighted by Gasteiger charge is 2.26. The van der Waals surface area contributed by atoms with Crippen LogP contribution in [0.4, 0.5) is 0 Å². The van der Waals surface area contributed by atoms with Gasteiger partial charge in [0, 0.05) is 32.2 Å². The topological polar surface area (TPSA) is 110 Å². The van der Waals surface area contributed by atoms with E-state index in [1.54, 1.807) is 13.8 Å². The first kappa shape index (κ1) is 23.6. The maximum Gasteiger partial charge on any atom is 0.309 e. The molecule has 9 nitrogen and oxygen atoms in total. The van der Waals surface area contributed by atoms with Crippen LogP contribution in [0, 0.1) is 11.8 Å². The molecule has 1 aliphatic rings. The van der Waals surface area contributed by atoms with E-state index in [9.17, 15) is 14.4 Å². The fourth-order valence-electron chi connectivity index (χ4n) is 2.59. The normalized spacial score (nSPS) is 15.1. The molecule has 1 saturated carbocycles. The minimum atomic E-state index is -0.683. The number of nitrogens with zero attached hydrogens (tertiary/aromatic N) is 1. The van der Waals surface area contributed by atoms with Gasteiger partial charge in [-0.25, -0.2) is 4.98 Å². The Balaban J connectivity index is 1.92. The Labute approximate surface area is 176 Å². The first-order valence-electron chi connectivity index (χ1n) is 9.92. The second-order valence-corrected chi connectivity index (χ2v) is 7.35. The molecule has 0 aromatic carbocycles. The van der Waals surface area contributed by atoms with Crippen molar-refractivity contribution in [2.75, 3.05) is 27.1 Å². The lowest BCUT2D eigenvalue weighted by Gasteiger charge is -2.17. The molecule has 2 atom stereocenters. The summed E-state index contributed by atoms with van der Waals surface area (Å²) in [5.41, 5.74) is -0.0121. The van der Waals surface area contributed by atoms with Crippen LogP contribution in [0.15, 0.2) is 12.3 Å². The van der Waals surface area contributed by atoms with Gasteiger partial charge in [0.1, 0.15) is 6.10 Å². The third-order valence-electron chi connectivity index (χ3n) is 4.43. The van der Waals surface area contributed by atoms with Crippen LogP contribution in [0.2, 0.25) is 0 Å². The van der Waals surface area contributed by atoms with Gasteiger partial charge in [-0.15, -0.1) is 0 Å². The number of ketones is 1. The quantitative estimate of drug-likeness (QED) is 0.268. The summed E-state index contributed by atoms with van der Waals surface area (Å²) in [5.74, 6) is -1.18. The number of rotatable bonds is 13. The lowest BCUT2D eigenvalue weighted by Crippen LogP contribution is -2.26. The van der Waals surface area contributed by atoms with E-state index in [0.29, 0.717) is 19.1 Å². The Kier molecular flexibility index (Phi) is 9.04. The molecule has 0 amide bonds. The SMILES string of the molecule is COc1ccnc(C(=O)C[C@@H](C)C(=O)O[C@@H](C)COCC2CC2)c1OCOC(C)=O. The van der Waals surface area contributed by atoms with E-state index in [0.717, 1.165) is 0 Å². The number of aromatic nitrogens is 1. The van der Waals surface area contributed by atoms with Crippen LogP contribution in [-0.4, -0.2) is 55.9 Å². The van der Waals surface area contributed by atoms with E-state index >= 15 is 0 Å². The number of ether oxygens (including phenoxy) is 5. The number of carbonyl (C=O) groups excluding carboxylic acids is 3. The molecule has 2 rings (SSSR count). The molecular weight excluding hydrogens is 394 g/mol. The minimum absolute atomic E-state index is 0.0121. The van der Waals surface area contributed by atoms with E-state index in [1.165, 1.54) is 39.1 Å². The van der Waals surface area contributed by atoms with Crippen molar-refractivity contribution in [3.05, 3.63) is 18.0 Å². The van der Waals surface area contributed by atoms with Crippen molar-refractivity contribution in [3.8, 4) is 11.5 Å². The van der Waals surface area contributed by atoms with E-state index < -0.39 is 36.5 Å². The Morgan fingerprint density at radius 3 is 2.60 bits per heavy atom. The summed E-state index contributed by atoms with van der Waals surface area (Å²) in [6.07, 6.45) is 3.26. The second-order valence-electron chi connectivity index (χ2n) is 7.35. The number of pyridine rings is 1. The van der Waals surface area contributed by atoms with E-state index in [4.69, 9.17) is 23.7 Å². The van der Waals surface area contributed by atoms with Crippen LogP contribution < -0.4 is 9.47 Å². The minimum Gasteiger partial charge on any atom is -0.493 e. The summed E-state index contributed by atoms with van der Waals surface area (Å²) >= 11 is 0. The molecule has 0 N–H and O–H groups in total. The number of esters is 2. The zero-order valence-corrected chi connectivity index (χ0v) is 17.8. The number of hydrogen-bond donors (Lipinski definition) is 0. The number of carbonyl (C=O) groups is 3. The van der Waals surface area contributed by atoms with Gasteiger partial charge in [0.2, 0.25) is 6.79 Å². The van der Waals surface area contributed by atoms with Crippen molar-refractivity contribution in [2.45, 2.75) is 46.1 Å². The lowest BCUT2D eigenvalue weighted by molar-refractivity contribution is -0.155. The third kappa shape index (κ3) is 7.62. The predicted octanol–water partition coefficient (Wildman–Crippen LogP) is 2.56. The molecule has 0 unspecified atom stereocenters.